The van der Waals surface area contributed by atoms with Crippen LogP contribution in [0.25, 0.3) is 16.8 Å². The number of carbonyl (C=O) groups is 2. The molecule has 0 bridgehead atoms. The zero-order valence-corrected chi connectivity index (χ0v) is 21.1. The van der Waals surface area contributed by atoms with Crippen LogP contribution < -0.4 is 14.2 Å². The lowest BCUT2D eigenvalue weighted by molar-refractivity contribution is -0.123. The lowest BCUT2D eigenvalue weighted by Gasteiger charge is -2.15. The van der Waals surface area contributed by atoms with Gasteiger partial charge in [0.25, 0.3) is 11.1 Å². The summed E-state index contributed by atoms with van der Waals surface area (Å²) in [6, 6.07) is 29.0. The summed E-state index contributed by atoms with van der Waals surface area (Å²) < 4.78 is 17.5. The maximum atomic E-state index is 13.0. The van der Waals surface area contributed by atoms with Gasteiger partial charge in [0.2, 0.25) is 0 Å². The second kappa shape index (κ2) is 11.2. The van der Waals surface area contributed by atoms with E-state index in [0.717, 1.165) is 28.1 Å². The summed E-state index contributed by atoms with van der Waals surface area (Å²) in [7, 11) is 1.57. The molecule has 0 radical (unpaired) electrons. The first kappa shape index (κ1) is 24.5. The van der Waals surface area contributed by atoms with Crippen molar-refractivity contribution in [2.24, 2.45) is 0 Å². The largest absolute Gasteiger partial charge is 0.493 e. The van der Waals surface area contributed by atoms with Crippen molar-refractivity contribution in [1.82, 2.24) is 4.90 Å². The van der Waals surface area contributed by atoms with E-state index in [1.165, 1.54) is 4.90 Å². The van der Waals surface area contributed by atoms with Crippen LogP contribution in [0.1, 0.15) is 11.1 Å². The number of hydrogen-bond acceptors (Lipinski definition) is 6. The summed E-state index contributed by atoms with van der Waals surface area (Å²) in [5.41, 5.74) is 1.69. The molecule has 0 unspecified atom stereocenters. The zero-order valence-electron chi connectivity index (χ0n) is 20.3. The number of para-hydroxylation sites is 2. The van der Waals surface area contributed by atoms with Gasteiger partial charge in [-0.3, -0.25) is 14.5 Å². The van der Waals surface area contributed by atoms with Crippen molar-refractivity contribution in [2.75, 3.05) is 20.3 Å². The number of nitrogens with zero attached hydrogens (tertiary/aromatic N) is 1. The smallest absolute Gasteiger partial charge is 0.293 e. The molecule has 7 heteroatoms. The third-order valence-corrected chi connectivity index (χ3v) is 6.88. The molecule has 6 nitrogen and oxygen atoms in total. The van der Waals surface area contributed by atoms with Crippen molar-refractivity contribution in [3.8, 4) is 17.2 Å². The van der Waals surface area contributed by atoms with Gasteiger partial charge in [-0.05, 0) is 52.4 Å². The normalized spacial score (nSPS) is 14.4. The summed E-state index contributed by atoms with van der Waals surface area (Å²) in [5, 5.41) is 1.92. The number of amides is 2. The van der Waals surface area contributed by atoms with Crippen LogP contribution >= 0.6 is 11.8 Å². The quantitative estimate of drug-likeness (QED) is 0.238. The molecule has 1 fully saturated rings. The molecule has 1 heterocycles. The SMILES string of the molecule is COc1cccc(/C=C2\SC(=O)N(CCOc3ccccc3)C2=O)c1OCc1cccc2ccccc12. The number of carbonyl (C=O) groups excluding carboxylic acids is 2. The van der Waals surface area contributed by atoms with E-state index in [9.17, 15) is 9.59 Å². The van der Waals surface area contributed by atoms with Crippen LogP contribution in [0.3, 0.4) is 0 Å². The van der Waals surface area contributed by atoms with Crippen LogP contribution in [0, 0.1) is 0 Å². The van der Waals surface area contributed by atoms with Crippen molar-refractivity contribution in [2.45, 2.75) is 6.61 Å². The second-order valence-corrected chi connectivity index (χ2v) is 9.29. The van der Waals surface area contributed by atoms with Gasteiger partial charge in [-0.2, -0.15) is 0 Å². The number of benzene rings is 4. The van der Waals surface area contributed by atoms with E-state index >= 15 is 0 Å². The average Bonchev–Trinajstić information content (AvgIpc) is 3.20. The van der Waals surface area contributed by atoms with E-state index in [1.807, 2.05) is 72.8 Å². The Labute approximate surface area is 219 Å². The number of rotatable bonds is 9. The zero-order chi connectivity index (χ0) is 25.6. The number of ether oxygens (including phenoxy) is 3. The molecule has 0 atom stereocenters. The van der Waals surface area contributed by atoms with E-state index in [2.05, 4.69) is 18.2 Å². The molecule has 4 aromatic rings. The summed E-state index contributed by atoms with van der Waals surface area (Å²) in [6.45, 7) is 0.703. The Balaban J connectivity index is 1.34. The lowest BCUT2D eigenvalue weighted by Crippen LogP contribution is -2.32. The molecule has 0 saturated carbocycles. The number of fused-ring (bicyclic) bond motifs is 1. The Morgan fingerprint density at radius 2 is 1.59 bits per heavy atom. The van der Waals surface area contributed by atoms with Gasteiger partial charge in [-0.25, -0.2) is 0 Å². The van der Waals surface area contributed by atoms with Crippen LogP contribution in [0.5, 0.6) is 17.2 Å². The fourth-order valence-electron chi connectivity index (χ4n) is 4.14. The van der Waals surface area contributed by atoms with Gasteiger partial charge in [0.05, 0.1) is 18.6 Å². The molecule has 4 aromatic carbocycles. The highest BCUT2D eigenvalue weighted by Gasteiger charge is 2.35. The van der Waals surface area contributed by atoms with E-state index in [1.54, 1.807) is 13.2 Å². The van der Waals surface area contributed by atoms with Gasteiger partial charge in [0.15, 0.2) is 11.5 Å². The highest BCUT2D eigenvalue weighted by atomic mass is 32.2. The molecule has 1 aliphatic rings. The summed E-state index contributed by atoms with van der Waals surface area (Å²) >= 11 is 0.908. The third-order valence-electron chi connectivity index (χ3n) is 5.97. The van der Waals surface area contributed by atoms with Gasteiger partial charge in [0, 0.05) is 5.56 Å². The minimum Gasteiger partial charge on any atom is -0.493 e. The molecule has 0 spiro atoms. The Bertz CT molecular complexity index is 1460. The van der Waals surface area contributed by atoms with Crippen LogP contribution in [0.4, 0.5) is 4.79 Å². The van der Waals surface area contributed by atoms with Gasteiger partial charge in [-0.15, -0.1) is 0 Å². The monoisotopic (exact) mass is 511 g/mol. The first-order valence-electron chi connectivity index (χ1n) is 11.8. The predicted molar refractivity (Wildman–Crippen MR) is 146 cm³/mol. The van der Waals surface area contributed by atoms with Crippen LogP contribution in [0.15, 0.2) is 95.9 Å². The maximum absolute atomic E-state index is 13.0. The third kappa shape index (κ3) is 5.47. The Hall–Kier alpha value is -4.23. The van der Waals surface area contributed by atoms with Gasteiger partial charge in [0.1, 0.15) is 19.0 Å². The molecule has 37 heavy (non-hydrogen) atoms. The molecule has 2 amide bonds. The molecule has 5 rings (SSSR count). The molecule has 0 aromatic heterocycles. The number of hydrogen-bond donors (Lipinski definition) is 0. The summed E-state index contributed by atoms with van der Waals surface area (Å²) in [5.74, 6) is 1.39. The lowest BCUT2D eigenvalue weighted by atomic mass is 10.1. The van der Waals surface area contributed by atoms with Gasteiger partial charge >= 0.3 is 0 Å². The van der Waals surface area contributed by atoms with Crippen LogP contribution in [-0.4, -0.2) is 36.3 Å². The van der Waals surface area contributed by atoms with Gasteiger partial charge in [-0.1, -0.05) is 72.8 Å². The van der Waals surface area contributed by atoms with Crippen LogP contribution in [-0.2, 0) is 11.4 Å². The van der Waals surface area contributed by atoms with Gasteiger partial charge < -0.3 is 14.2 Å². The average molecular weight is 512 g/mol. The highest BCUT2D eigenvalue weighted by molar-refractivity contribution is 8.18. The van der Waals surface area contributed by atoms with E-state index < -0.39 is 0 Å². The molecule has 0 aliphatic carbocycles. The predicted octanol–water partition coefficient (Wildman–Crippen LogP) is 6.54. The Morgan fingerprint density at radius 3 is 2.43 bits per heavy atom. The highest BCUT2D eigenvalue weighted by Crippen LogP contribution is 2.38. The molecule has 1 saturated heterocycles. The van der Waals surface area contributed by atoms with Crippen molar-refractivity contribution in [3.05, 3.63) is 107 Å². The topological polar surface area (TPSA) is 65.1 Å². The summed E-state index contributed by atoms with van der Waals surface area (Å²) in [4.78, 5) is 27.2. The number of thioether (sulfide) groups is 1. The molecule has 1 aliphatic heterocycles. The number of methoxy groups -OCH3 is 1. The van der Waals surface area contributed by atoms with E-state index in [-0.39, 0.29) is 24.3 Å². The first-order chi connectivity index (χ1) is 18.1. The first-order valence-corrected chi connectivity index (χ1v) is 12.7. The fraction of sp³-hybridized carbons (Fsp3) is 0.133. The molecular formula is C30H25NO5S. The molecular weight excluding hydrogens is 486 g/mol. The van der Waals surface area contributed by atoms with Crippen molar-refractivity contribution in [1.29, 1.82) is 0 Å². The van der Waals surface area contributed by atoms with Crippen molar-refractivity contribution in [3.63, 3.8) is 0 Å². The minimum atomic E-state index is -0.352. The Morgan fingerprint density at radius 1 is 0.838 bits per heavy atom. The standard InChI is InChI=1S/C30H25NO5S/c1-34-26-16-8-11-22(28(26)36-20-23-12-7-10-21-9-5-6-15-25(21)23)19-27-29(32)31(30(33)37-27)17-18-35-24-13-3-2-4-14-24/h2-16,19H,17-18,20H2,1H3/b27-19-. The minimum absolute atomic E-state index is 0.166. The fourth-order valence-corrected chi connectivity index (χ4v) is 4.99. The molecule has 0 N–H and O–H groups in total. The Kier molecular flexibility index (Phi) is 7.42. The van der Waals surface area contributed by atoms with E-state index in [0.29, 0.717) is 34.3 Å². The summed E-state index contributed by atoms with van der Waals surface area (Å²) in [6.07, 6.45) is 1.68. The number of imide groups is 1. The van der Waals surface area contributed by atoms with Crippen molar-refractivity contribution < 1.29 is 23.8 Å². The maximum Gasteiger partial charge on any atom is 0.293 e. The van der Waals surface area contributed by atoms with Crippen LogP contribution in [0.2, 0.25) is 0 Å². The second-order valence-electron chi connectivity index (χ2n) is 8.30. The van der Waals surface area contributed by atoms with Crippen molar-refractivity contribution >= 4 is 39.8 Å². The molecule has 186 valence electrons. The van der Waals surface area contributed by atoms with E-state index in [4.69, 9.17) is 14.2 Å².